The summed E-state index contributed by atoms with van der Waals surface area (Å²) in [5.41, 5.74) is 0. The Labute approximate surface area is 517 Å². The van der Waals surface area contributed by atoms with Crippen LogP contribution >= 0.6 is 15.6 Å². The van der Waals surface area contributed by atoms with Crippen molar-refractivity contribution < 1.29 is 80.2 Å². The molecule has 19 heteroatoms. The molecule has 0 spiro atoms. The summed E-state index contributed by atoms with van der Waals surface area (Å²) >= 11 is 0. The lowest BCUT2D eigenvalue weighted by Gasteiger charge is -2.21. The fraction of sp³-hybridized carbons (Fsp3) is 0.939. The number of phosphoric acid groups is 2. The number of carbonyl (C=O) groups is 4. The number of ether oxygens (including phenoxy) is 4. The van der Waals surface area contributed by atoms with Crippen LogP contribution in [0.5, 0.6) is 0 Å². The van der Waals surface area contributed by atoms with Gasteiger partial charge in [0.1, 0.15) is 19.3 Å². The van der Waals surface area contributed by atoms with Crippen molar-refractivity contribution in [1.29, 1.82) is 0 Å². The number of carbonyl (C=O) groups excluding carboxylic acids is 4. The van der Waals surface area contributed by atoms with Crippen LogP contribution in [0.15, 0.2) is 0 Å². The molecule has 0 aliphatic rings. The van der Waals surface area contributed by atoms with E-state index in [0.29, 0.717) is 25.7 Å². The predicted molar refractivity (Wildman–Crippen MR) is 340 cm³/mol. The zero-order chi connectivity index (χ0) is 63.2. The van der Waals surface area contributed by atoms with Gasteiger partial charge in [-0.1, -0.05) is 267 Å². The van der Waals surface area contributed by atoms with E-state index in [1.165, 1.54) is 109 Å². The van der Waals surface area contributed by atoms with Crippen LogP contribution in [0.2, 0.25) is 0 Å². The Bertz CT molecular complexity index is 1700. The van der Waals surface area contributed by atoms with Gasteiger partial charge in [0.25, 0.3) is 0 Å². The maximum absolute atomic E-state index is 13.0. The number of unbranched alkanes of at least 4 members (excludes halogenated alkanes) is 27. The van der Waals surface area contributed by atoms with E-state index in [4.69, 9.17) is 37.0 Å². The molecule has 0 rings (SSSR count). The predicted octanol–water partition coefficient (Wildman–Crippen LogP) is 18.1. The Kier molecular flexibility index (Phi) is 54.8. The minimum atomic E-state index is -4.95. The monoisotopic (exact) mass is 1250 g/mol. The summed E-state index contributed by atoms with van der Waals surface area (Å²) in [6, 6.07) is 0. The van der Waals surface area contributed by atoms with Gasteiger partial charge < -0.3 is 33.8 Å². The minimum absolute atomic E-state index is 0.103. The van der Waals surface area contributed by atoms with Crippen molar-refractivity contribution in [1.82, 2.24) is 0 Å². The molecule has 0 aliphatic carbocycles. The van der Waals surface area contributed by atoms with Crippen LogP contribution in [0.4, 0.5) is 0 Å². The van der Waals surface area contributed by atoms with Crippen LogP contribution in [-0.4, -0.2) is 96.7 Å². The molecule has 17 nitrogen and oxygen atoms in total. The molecule has 0 bridgehead atoms. The molecule has 3 N–H and O–H groups in total. The molecule has 0 heterocycles. The van der Waals surface area contributed by atoms with Crippen molar-refractivity contribution in [3.63, 3.8) is 0 Å². The molecule has 0 fully saturated rings. The van der Waals surface area contributed by atoms with Gasteiger partial charge in [0, 0.05) is 25.7 Å². The molecule has 0 aromatic carbocycles. The molecule has 0 saturated heterocycles. The molecule has 0 aromatic rings. The van der Waals surface area contributed by atoms with Crippen LogP contribution in [0.25, 0.3) is 0 Å². The Morgan fingerprint density at radius 1 is 0.329 bits per heavy atom. The second kappa shape index (κ2) is 56.1. The topological polar surface area (TPSA) is 237 Å². The van der Waals surface area contributed by atoms with Gasteiger partial charge in [-0.3, -0.25) is 37.3 Å². The first kappa shape index (κ1) is 83.1. The van der Waals surface area contributed by atoms with E-state index < -0.39 is 97.5 Å². The van der Waals surface area contributed by atoms with Crippen LogP contribution in [0, 0.1) is 23.7 Å². The summed E-state index contributed by atoms with van der Waals surface area (Å²) in [7, 11) is -9.89. The number of hydrogen-bond donors (Lipinski definition) is 3. The van der Waals surface area contributed by atoms with Gasteiger partial charge >= 0.3 is 39.5 Å². The molecule has 0 radical (unpaired) electrons. The summed E-state index contributed by atoms with van der Waals surface area (Å²) < 4.78 is 68.1. The molecule has 0 saturated carbocycles. The molecule has 0 aromatic heterocycles. The van der Waals surface area contributed by atoms with Crippen molar-refractivity contribution in [2.24, 2.45) is 23.7 Å². The Morgan fingerprint density at radius 3 is 0.835 bits per heavy atom. The standard InChI is InChI=1S/C66H128O17P2/c1-9-58(7)44-36-28-22-24-30-38-46-63(68)76-52-61(82-65(70)48-40-32-20-15-13-11-12-14-18-26-34-42-56(3)4)54-80-84(72,73)78-50-60(67)51-79-85(74,75)81-55-62(53-77-64(69)47-39-31-25-23-29-37-45-59(8)10-2)83-66(71)49-41-33-21-17-16-19-27-35-43-57(5)6/h56-62,67H,9-55H2,1-8H3,(H,72,73)(H,74,75)/t58?,59?,60-,61-,62-/m1/s1. The SMILES string of the molecule is CCC(C)CCCCCCCCC(=O)OC[C@H](COP(=O)(O)OC[C@@H](O)COP(=O)(O)OC[C@@H](COC(=O)CCCCCCCCC(C)CC)OC(=O)CCCCCCCCCCC(C)C)OC(=O)CCCCCCCCCCCCCC(C)C. The van der Waals surface area contributed by atoms with E-state index in [1.54, 1.807) is 0 Å². The summed E-state index contributed by atoms with van der Waals surface area (Å²) in [6.07, 6.45) is 36.3. The summed E-state index contributed by atoms with van der Waals surface area (Å²) in [5.74, 6) is 0.807. The van der Waals surface area contributed by atoms with Gasteiger partial charge in [-0.2, -0.15) is 0 Å². The smallest absolute Gasteiger partial charge is 0.462 e. The molecule has 0 amide bonds. The first-order valence-electron chi connectivity index (χ1n) is 34.3. The molecule has 0 aliphatic heterocycles. The third-order valence-corrected chi connectivity index (χ3v) is 17.7. The highest BCUT2D eigenvalue weighted by Gasteiger charge is 2.30. The molecule has 85 heavy (non-hydrogen) atoms. The molecule has 7 atom stereocenters. The summed E-state index contributed by atoms with van der Waals surface area (Å²) in [4.78, 5) is 72.3. The van der Waals surface area contributed by atoms with E-state index in [1.807, 2.05) is 0 Å². The number of hydrogen-bond acceptors (Lipinski definition) is 15. The van der Waals surface area contributed by atoms with Crippen LogP contribution in [0.1, 0.15) is 319 Å². The van der Waals surface area contributed by atoms with Gasteiger partial charge in [-0.15, -0.1) is 0 Å². The third kappa shape index (κ3) is 58.2. The average Bonchev–Trinajstić information content (AvgIpc) is 3.55. The third-order valence-electron chi connectivity index (χ3n) is 15.8. The van der Waals surface area contributed by atoms with Gasteiger partial charge in [0.2, 0.25) is 0 Å². The van der Waals surface area contributed by atoms with Crippen LogP contribution in [-0.2, 0) is 65.4 Å². The highest BCUT2D eigenvalue weighted by molar-refractivity contribution is 7.47. The molecule has 504 valence electrons. The number of aliphatic hydroxyl groups is 1. The average molecular weight is 1260 g/mol. The normalized spacial score (nSPS) is 15.0. The Morgan fingerprint density at radius 2 is 0.565 bits per heavy atom. The van der Waals surface area contributed by atoms with Crippen LogP contribution < -0.4 is 0 Å². The lowest BCUT2D eigenvalue weighted by atomic mass is 10.00. The van der Waals surface area contributed by atoms with E-state index in [-0.39, 0.29) is 25.7 Å². The summed E-state index contributed by atoms with van der Waals surface area (Å²) in [5, 5.41) is 10.6. The zero-order valence-electron chi connectivity index (χ0n) is 55.2. The Hall–Kier alpha value is -1.94. The summed E-state index contributed by atoms with van der Waals surface area (Å²) in [6.45, 7) is 14.0. The molecular weight excluding hydrogens is 1130 g/mol. The maximum Gasteiger partial charge on any atom is 0.472 e. The first-order valence-corrected chi connectivity index (χ1v) is 37.3. The highest BCUT2D eigenvalue weighted by atomic mass is 31.2. The van der Waals surface area contributed by atoms with E-state index in [2.05, 4.69) is 55.4 Å². The van der Waals surface area contributed by atoms with Crippen molar-refractivity contribution in [3.8, 4) is 0 Å². The largest absolute Gasteiger partial charge is 0.472 e. The number of phosphoric ester groups is 2. The van der Waals surface area contributed by atoms with Gasteiger partial charge in [0.05, 0.1) is 26.4 Å². The lowest BCUT2D eigenvalue weighted by molar-refractivity contribution is -0.161. The fourth-order valence-electron chi connectivity index (χ4n) is 9.72. The maximum atomic E-state index is 13.0. The number of esters is 4. The van der Waals surface area contributed by atoms with Crippen molar-refractivity contribution in [2.75, 3.05) is 39.6 Å². The van der Waals surface area contributed by atoms with Crippen LogP contribution in [0.3, 0.4) is 0 Å². The number of rotatable bonds is 63. The first-order chi connectivity index (χ1) is 40.7. The van der Waals surface area contributed by atoms with Crippen molar-refractivity contribution in [3.05, 3.63) is 0 Å². The number of aliphatic hydroxyl groups excluding tert-OH is 1. The molecular formula is C66H128O17P2. The van der Waals surface area contributed by atoms with E-state index in [0.717, 1.165) is 126 Å². The second-order valence-corrected chi connectivity index (χ2v) is 28.2. The molecule has 4 unspecified atom stereocenters. The van der Waals surface area contributed by atoms with Crippen molar-refractivity contribution in [2.45, 2.75) is 337 Å². The highest BCUT2D eigenvalue weighted by Crippen LogP contribution is 2.45. The minimum Gasteiger partial charge on any atom is -0.462 e. The van der Waals surface area contributed by atoms with Crippen molar-refractivity contribution >= 4 is 39.5 Å². The quantitative estimate of drug-likeness (QED) is 0.0222. The van der Waals surface area contributed by atoms with Gasteiger partial charge in [-0.25, -0.2) is 9.13 Å². The fourth-order valence-corrected chi connectivity index (χ4v) is 11.3. The lowest BCUT2D eigenvalue weighted by Crippen LogP contribution is -2.30. The second-order valence-electron chi connectivity index (χ2n) is 25.3. The zero-order valence-corrected chi connectivity index (χ0v) is 57.0. The Balaban J connectivity index is 5.26. The van der Waals surface area contributed by atoms with Gasteiger partial charge in [-0.05, 0) is 49.4 Å². The van der Waals surface area contributed by atoms with Gasteiger partial charge in [0.15, 0.2) is 12.2 Å². The van der Waals surface area contributed by atoms with E-state index >= 15 is 0 Å². The van der Waals surface area contributed by atoms with E-state index in [9.17, 15) is 43.2 Å².